The largest absolute Gasteiger partial charge is 0.444 e. The molecule has 1 aliphatic rings. The maximum atomic E-state index is 12.1. The van der Waals surface area contributed by atoms with Gasteiger partial charge in [0.2, 0.25) is 5.91 Å². The molecule has 1 heterocycles. The van der Waals surface area contributed by atoms with Gasteiger partial charge >= 0.3 is 6.09 Å². The van der Waals surface area contributed by atoms with Gasteiger partial charge in [0.1, 0.15) is 11.4 Å². The molecule has 0 aromatic heterocycles. The van der Waals surface area contributed by atoms with Gasteiger partial charge in [-0.3, -0.25) is 10.2 Å². The first-order valence-corrected chi connectivity index (χ1v) is 8.66. The van der Waals surface area contributed by atoms with Crippen molar-refractivity contribution >= 4 is 17.8 Å². The fourth-order valence-corrected chi connectivity index (χ4v) is 2.78. The summed E-state index contributed by atoms with van der Waals surface area (Å²) in [6.07, 6.45) is 1.62. The van der Waals surface area contributed by atoms with Gasteiger partial charge in [-0.2, -0.15) is 0 Å². The zero-order chi connectivity index (χ0) is 18.4. The lowest BCUT2D eigenvalue weighted by molar-refractivity contribution is -0.120. The number of amides is 2. The molecular formula is C19H27N3O3. The lowest BCUT2D eigenvalue weighted by atomic mass is 9.93. The number of benzene rings is 1. The van der Waals surface area contributed by atoms with Crippen LogP contribution in [0.15, 0.2) is 30.3 Å². The number of nitrogens with zero attached hydrogens (tertiary/aromatic N) is 1. The molecule has 0 atom stereocenters. The van der Waals surface area contributed by atoms with E-state index in [-0.39, 0.29) is 23.8 Å². The summed E-state index contributed by atoms with van der Waals surface area (Å²) in [4.78, 5) is 25.9. The Hall–Kier alpha value is -2.37. The van der Waals surface area contributed by atoms with Crippen LogP contribution in [0.25, 0.3) is 0 Å². The van der Waals surface area contributed by atoms with Crippen LogP contribution in [0.3, 0.4) is 0 Å². The third-order valence-electron chi connectivity index (χ3n) is 4.07. The smallest absolute Gasteiger partial charge is 0.410 e. The quantitative estimate of drug-likeness (QED) is 0.652. The van der Waals surface area contributed by atoms with Gasteiger partial charge in [-0.05, 0) is 39.5 Å². The molecule has 0 unspecified atom stereocenters. The predicted octanol–water partition coefficient (Wildman–Crippen LogP) is 3.17. The van der Waals surface area contributed by atoms with Crippen molar-refractivity contribution in [2.24, 2.45) is 5.92 Å². The molecule has 0 saturated carbocycles. The van der Waals surface area contributed by atoms with Gasteiger partial charge in [0.25, 0.3) is 0 Å². The van der Waals surface area contributed by atoms with Crippen molar-refractivity contribution in [2.45, 2.75) is 45.6 Å². The highest BCUT2D eigenvalue weighted by molar-refractivity contribution is 6.06. The lowest BCUT2D eigenvalue weighted by Gasteiger charge is -2.33. The standard InChI is InChI=1S/C19H27N3O3/c1-19(2,3)25-18(24)22-11-9-14(10-12-22)13-16(23)21-17(20)15-7-5-4-6-8-15/h4-8,14H,9-13H2,1-3H3,(H2,20,21,23). The topological polar surface area (TPSA) is 82.5 Å². The van der Waals surface area contributed by atoms with E-state index in [1.807, 2.05) is 39.0 Å². The Morgan fingerprint density at radius 3 is 2.36 bits per heavy atom. The second kappa shape index (κ2) is 8.14. The molecule has 1 aromatic carbocycles. The van der Waals surface area contributed by atoms with Crippen LogP contribution in [0.5, 0.6) is 0 Å². The fraction of sp³-hybridized carbons (Fsp3) is 0.526. The highest BCUT2D eigenvalue weighted by atomic mass is 16.6. The summed E-state index contributed by atoms with van der Waals surface area (Å²) >= 11 is 0. The van der Waals surface area contributed by atoms with Crippen LogP contribution in [0.1, 0.15) is 45.6 Å². The van der Waals surface area contributed by atoms with Crippen molar-refractivity contribution in [1.82, 2.24) is 10.2 Å². The average Bonchev–Trinajstić information content (AvgIpc) is 2.54. The van der Waals surface area contributed by atoms with Gasteiger partial charge in [-0.15, -0.1) is 0 Å². The number of carbonyl (C=O) groups excluding carboxylic acids is 2. The Morgan fingerprint density at radius 2 is 1.80 bits per heavy atom. The predicted molar refractivity (Wildman–Crippen MR) is 96.6 cm³/mol. The van der Waals surface area contributed by atoms with Gasteiger partial charge in [0.15, 0.2) is 0 Å². The SMILES string of the molecule is CC(C)(C)OC(=O)N1CCC(CC(=O)NC(=N)c2ccccc2)CC1. The van der Waals surface area contributed by atoms with Crippen molar-refractivity contribution in [2.75, 3.05) is 13.1 Å². The van der Waals surface area contributed by atoms with Gasteiger partial charge in [0, 0.05) is 25.1 Å². The van der Waals surface area contributed by atoms with Crippen molar-refractivity contribution in [3.63, 3.8) is 0 Å². The van der Waals surface area contributed by atoms with E-state index in [2.05, 4.69) is 5.32 Å². The normalized spacial score (nSPS) is 15.6. The Kier molecular flexibility index (Phi) is 6.17. The van der Waals surface area contributed by atoms with E-state index in [4.69, 9.17) is 10.1 Å². The zero-order valence-electron chi connectivity index (χ0n) is 15.2. The van der Waals surface area contributed by atoms with Crippen molar-refractivity contribution in [1.29, 1.82) is 5.41 Å². The molecule has 0 aliphatic carbocycles. The fourth-order valence-electron chi connectivity index (χ4n) is 2.78. The molecule has 0 bridgehead atoms. The van der Waals surface area contributed by atoms with Crippen LogP contribution < -0.4 is 5.32 Å². The van der Waals surface area contributed by atoms with Crippen LogP contribution in [-0.4, -0.2) is 41.4 Å². The zero-order valence-corrected chi connectivity index (χ0v) is 15.2. The monoisotopic (exact) mass is 345 g/mol. The lowest BCUT2D eigenvalue weighted by Crippen LogP contribution is -2.42. The number of nitrogens with one attached hydrogen (secondary N) is 2. The average molecular weight is 345 g/mol. The number of likely N-dealkylation sites (tertiary alicyclic amines) is 1. The van der Waals surface area contributed by atoms with Crippen molar-refractivity contribution in [3.05, 3.63) is 35.9 Å². The second-order valence-corrected chi connectivity index (χ2v) is 7.40. The molecule has 136 valence electrons. The number of hydrogen-bond donors (Lipinski definition) is 2. The summed E-state index contributed by atoms with van der Waals surface area (Å²) in [6.45, 7) is 6.75. The Morgan fingerprint density at radius 1 is 1.20 bits per heavy atom. The Bertz CT molecular complexity index is 615. The van der Waals surface area contributed by atoms with Crippen molar-refractivity contribution in [3.8, 4) is 0 Å². The summed E-state index contributed by atoms with van der Waals surface area (Å²) < 4.78 is 5.37. The molecule has 6 heteroatoms. The summed E-state index contributed by atoms with van der Waals surface area (Å²) in [6, 6.07) is 9.13. The van der Waals surface area contributed by atoms with E-state index >= 15 is 0 Å². The third-order valence-corrected chi connectivity index (χ3v) is 4.07. The Labute approximate surface area is 149 Å². The minimum absolute atomic E-state index is 0.122. The maximum Gasteiger partial charge on any atom is 0.410 e. The number of amidine groups is 1. The van der Waals surface area contributed by atoms with E-state index in [0.717, 1.165) is 12.8 Å². The highest BCUT2D eigenvalue weighted by Crippen LogP contribution is 2.22. The molecule has 25 heavy (non-hydrogen) atoms. The molecule has 2 amide bonds. The number of ether oxygens (including phenoxy) is 1. The first-order valence-electron chi connectivity index (χ1n) is 8.66. The molecule has 1 saturated heterocycles. The molecule has 0 radical (unpaired) electrons. The second-order valence-electron chi connectivity index (χ2n) is 7.40. The van der Waals surface area contributed by atoms with Gasteiger partial charge < -0.3 is 15.0 Å². The minimum Gasteiger partial charge on any atom is -0.444 e. The summed E-state index contributed by atoms with van der Waals surface area (Å²) in [7, 11) is 0. The molecule has 2 rings (SSSR count). The van der Waals surface area contributed by atoms with Crippen LogP contribution in [-0.2, 0) is 9.53 Å². The van der Waals surface area contributed by atoms with E-state index in [9.17, 15) is 9.59 Å². The van der Waals surface area contributed by atoms with Gasteiger partial charge in [-0.1, -0.05) is 30.3 Å². The molecule has 2 N–H and O–H groups in total. The van der Waals surface area contributed by atoms with Crippen molar-refractivity contribution < 1.29 is 14.3 Å². The number of rotatable bonds is 3. The first-order chi connectivity index (χ1) is 11.7. The van der Waals surface area contributed by atoms with Crippen LogP contribution in [0, 0.1) is 11.3 Å². The summed E-state index contributed by atoms with van der Waals surface area (Å²) in [5.41, 5.74) is 0.196. The van der Waals surface area contributed by atoms with E-state index in [1.54, 1.807) is 17.0 Å². The van der Waals surface area contributed by atoms with E-state index < -0.39 is 5.60 Å². The van der Waals surface area contributed by atoms with Gasteiger partial charge in [0.05, 0.1) is 0 Å². The summed E-state index contributed by atoms with van der Waals surface area (Å²) in [5.74, 6) is 0.198. The third kappa shape index (κ3) is 6.21. The van der Waals surface area contributed by atoms with E-state index in [0.29, 0.717) is 25.1 Å². The molecule has 1 aliphatic heterocycles. The summed E-state index contributed by atoms with van der Waals surface area (Å²) in [5, 5.41) is 10.6. The molecule has 1 fully saturated rings. The van der Waals surface area contributed by atoms with Crippen LogP contribution in [0.2, 0.25) is 0 Å². The Balaban J connectivity index is 1.75. The van der Waals surface area contributed by atoms with Crippen LogP contribution >= 0.6 is 0 Å². The molecule has 1 aromatic rings. The number of carbonyl (C=O) groups is 2. The number of piperidine rings is 1. The van der Waals surface area contributed by atoms with Gasteiger partial charge in [-0.25, -0.2) is 4.79 Å². The molecule has 0 spiro atoms. The first kappa shape index (κ1) is 19.0. The van der Waals surface area contributed by atoms with E-state index in [1.165, 1.54) is 0 Å². The molecule has 6 nitrogen and oxygen atoms in total. The van der Waals surface area contributed by atoms with Crippen LogP contribution in [0.4, 0.5) is 4.79 Å². The number of hydrogen-bond acceptors (Lipinski definition) is 4. The highest BCUT2D eigenvalue weighted by Gasteiger charge is 2.27. The molecular weight excluding hydrogens is 318 g/mol. The minimum atomic E-state index is -0.494. The maximum absolute atomic E-state index is 12.1.